The first-order chi connectivity index (χ1) is 9.61. The van der Waals surface area contributed by atoms with Crippen LogP contribution in [0.5, 0.6) is 0 Å². The molecule has 2 rings (SSSR count). The van der Waals surface area contributed by atoms with E-state index in [1.165, 1.54) is 0 Å². The molecule has 1 aliphatic heterocycles. The van der Waals surface area contributed by atoms with Gasteiger partial charge in [0.1, 0.15) is 5.84 Å². The predicted molar refractivity (Wildman–Crippen MR) is 78.2 cm³/mol. The number of urea groups is 1. The summed E-state index contributed by atoms with van der Waals surface area (Å²) in [5.74, 6) is 0.264. The number of nitrogens with two attached hydrogens (primary N) is 1. The molecule has 7 heteroatoms. The zero-order chi connectivity index (χ0) is 14.5. The van der Waals surface area contributed by atoms with Gasteiger partial charge in [-0.05, 0) is 25.0 Å². The van der Waals surface area contributed by atoms with Crippen LogP contribution < -0.4 is 11.1 Å². The Balaban J connectivity index is 1.91. The van der Waals surface area contributed by atoms with E-state index in [1.807, 2.05) is 6.07 Å². The van der Waals surface area contributed by atoms with Crippen LogP contribution in [0.4, 0.5) is 10.5 Å². The van der Waals surface area contributed by atoms with Crippen molar-refractivity contribution in [3.63, 3.8) is 0 Å². The summed E-state index contributed by atoms with van der Waals surface area (Å²) in [5, 5.41) is 15.0. The lowest BCUT2D eigenvalue weighted by Gasteiger charge is -2.31. The molecule has 0 spiro atoms. The summed E-state index contributed by atoms with van der Waals surface area (Å²) in [6, 6.07) is 6.91. The standard InChI is InChI=1S/C13H17ClN4O2/c14-10-3-1-2-4-11(10)16-13(19)18-7-5-9(6-8-18)12(15)17-20/h1-4,9,20H,5-8H2,(H2,15,17)(H,16,19). The summed E-state index contributed by atoms with van der Waals surface area (Å²) >= 11 is 6.00. The lowest BCUT2D eigenvalue weighted by molar-refractivity contribution is 0.192. The number of carbonyl (C=O) groups excluding carboxylic acids is 1. The monoisotopic (exact) mass is 296 g/mol. The Kier molecular flexibility index (Phi) is 4.68. The summed E-state index contributed by atoms with van der Waals surface area (Å²) in [4.78, 5) is 13.8. The molecule has 0 bridgehead atoms. The molecule has 4 N–H and O–H groups in total. The van der Waals surface area contributed by atoms with E-state index in [-0.39, 0.29) is 17.8 Å². The van der Waals surface area contributed by atoms with Gasteiger partial charge in [-0.25, -0.2) is 4.79 Å². The Hall–Kier alpha value is -1.95. The maximum absolute atomic E-state index is 12.1. The van der Waals surface area contributed by atoms with Gasteiger partial charge in [-0.15, -0.1) is 0 Å². The maximum Gasteiger partial charge on any atom is 0.321 e. The number of anilines is 1. The number of carbonyl (C=O) groups is 1. The number of para-hydroxylation sites is 1. The first-order valence-corrected chi connectivity index (χ1v) is 6.77. The average Bonchev–Trinajstić information content (AvgIpc) is 2.49. The SMILES string of the molecule is NC(=NO)C1CCN(C(=O)Nc2ccccc2Cl)CC1. The number of oxime groups is 1. The fraction of sp³-hybridized carbons (Fsp3) is 0.385. The highest BCUT2D eigenvalue weighted by Gasteiger charge is 2.25. The van der Waals surface area contributed by atoms with Crippen LogP contribution in [0.1, 0.15) is 12.8 Å². The van der Waals surface area contributed by atoms with Gasteiger partial charge in [0.15, 0.2) is 0 Å². The summed E-state index contributed by atoms with van der Waals surface area (Å²) in [6.07, 6.45) is 1.37. The van der Waals surface area contributed by atoms with Crippen LogP contribution >= 0.6 is 11.6 Å². The molecule has 1 heterocycles. The van der Waals surface area contributed by atoms with Crippen molar-refractivity contribution in [2.24, 2.45) is 16.8 Å². The van der Waals surface area contributed by atoms with Crippen LogP contribution in [-0.4, -0.2) is 35.1 Å². The molecule has 0 unspecified atom stereocenters. The number of hydrogen-bond acceptors (Lipinski definition) is 3. The number of amides is 2. The third-order valence-corrected chi connectivity index (χ3v) is 3.76. The van der Waals surface area contributed by atoms with Crippen LogP contribution in [0.3, 0.4) is 0 Å². The van der Waals surface area contributed by atoms with E-state index in [2.05, 4.69) is 10.5 Å². The average molecular weight is 297 g/mol. The van der Waals surface area contributed by atoms with Crippen LogP contribution in [-0.2, 0) is 0 Å². The smallest absolute Gasteiger partial charge is 0.321 e. The fourth-order valence-electron chi connectivity index (χ4n) is 2.22. The Morgan fingerprint density at radius 1 is 1.40 bits per heavy atom. The van der Waals surface area contributed by atoms with Crippen LogP contribution in [0.15, 0.2) is 29.4 Å². The third-order valence-electron chi connectivity index (χ3n) is 3.43. The lowest BCUT2D eigenvalue weighted by atomic mass is 9.96. The predicted octanol–water partition coefficient (Wildman–Crippen LogP) is 2.33. The highest BCUT2D eigenvalue weighted by atomic mass is 35.5. The number of rotatable bonds is 2. The van der Waals surface area contributed by atoms with E-state index >= 15 is 0 Å². The van der Waals surface area contributed by atoms with E-state index in [0.717, 1.165) is 0 Å². The highest BCUT2D eigenvalue weighted by molar-refractivity contribution is 6.33. The Bertz CT molecular complexity index is 513. The molecular formula is C13H17ClN4O2. The molecule has 0 aliphatic carbocycles. The maximum atomic E-state index is 12.1. The van der Waals surface area contributed by atoms with Gasteiger partial charge in [0, 0.05) is 19.0 Å². The molecular weight excluding hydrogens is 280 g/mol. The zero-order valence-electron chi connectivity index (χ0n) is 10.9. The molecule has 0 aromatic heterocycles. The lowest BCUT2D eigenvalue weighted by Crippen LogP contribution is -2.43. The van der Waals surface area contributed by atoms with E-state index in [0.29, 0.717) is 36.6 Å². The molecule has 1 aromatic carbocycles. The number of halogens is 1. The number of amidine groups is 1. The van der Waals surface area contributed by atoms with Crippen molar-refractivity contribution in [2.75, 3.05) is 18.4 Å². The fourth-order valence-corrected chi connectivity index (χ4v) is 2.40. The van der Waals surface area contributed by atoms with Gasteiger partial charge < -0.3 is 21.2 Å². The van der Waals surface area contributed by atoms with Gasteiger partial charge in [-0.2, -0.15) is 0 Å². The van der Waals surface area contributed by atoms with Crippen LogP contribution in [0.2, 0.25) is 5.02 Å². The molecule has 1 aromatic rings. The number of piperidine rings is 1. The second kappa shape index (κ2) is 6.47. The van der Waals surface area contributed by atoms with Crippen molar-refractivity contribution in [2.45, 2.75) is 12.8 Å². The topological polar surface area (TPSA) is 91.0 Å². The molecule has 108 valence electrons. The number of benzene rings is 1. The second-order valence-electron chi connectivity index (χ2n) is 4.70. The van der Waals surface area contributed by atoms with Gasteiger partial charge in [0.25, 0.3) is 0 Å². The van der Waals surface area contributed by atoms with E-state index in [9.17, 15) is 4.79 Å². The molecule has 20 heavy (non-hydrogen) atoms. The van der Waals surface area contributed by atoms with Crippen molar-refractivity contribution in [1.82, 2.24) is 4.90 Å². The van der Waals surface area contributed by atoms with E-state index < -0.39 is 0 Å². The molecule has 1 fully saturated rings. The number of hydrogen-bond donors (Lipinski definition) is 3. The minimum atomic E-state index is -0.184. The number of likely N-dealkylation sites (tertiary alicyclic amines) is 1. The molecule has 2 amide bonds. The molecule has 0 saturated carbocycles. The minimum absolute atomic E-state index is 0.0318. The highest BCUT2D eigenvalue weighted by Crippen LogP contribution is 2.22. The summed E-state index contributed by atoms with van der Waals surface area (Å²) in [5.41, 5.74) is 6.17. The largest absolute Gasteiger partial charge is 0.409 e. The zero-order valence-corrected chi connectivity index (χ0v) is 11.7. The molecule has 1 aliphatic rings. The summed E-state index contributed by atoms with van der Waals surface area (Å²) in [7, 11) is 0. The first-order valence-electron chi connectivity index (χ1n) is 6.39. The summed E-state index contributed by atoms with van der Waals surface area (Å²) < 4.78 is 0. The van der Waals surface area contributed by atoms with Crippen molar-refractivity contribution in [3.8, 4) is 0 Å². The van der Waals surface area contributed by atoms with Crippen molar-refractivity contribution < 1.29 is 10.0 Å². The number of nitrogens with zero attached hydrogens (tertiary/aromatic N) is 2. The van der Waals surface area contributed by atoms with Crippen LogP contribution in [0, 0.1) is 5.92 Å². The Morgan fingerprint density at radius 3 is 2.65 bits per heavy atom. The van der Waals surface area contributed by atoms with Gasteiger partial charge >= 0.3 is 6.03 Å². The first kappa shape index (κ1) is 14.5. The van der Waals surface area contributed by atoms with Crippen molar-refractivity contribution in [3.05, 3.63) is 29.3 Å². The minimum Gasteiger partial charge on any atom is -0.409 e. The molecule has 1 saturated heterocycles. The molecule has 0 atom stereocenters. The van der Waals surface area contributed by atoms with Gasteiger partial charge in [0.05, 0.1) is 10.7 Å². The van der Waals surface area contributed by atoms with Gasteiger partial charge in [0.2, 0.25) is 0 Å². The Labute approximate surface area is 122 Å². The van der Waals surface area contributed by atoms with E-state index in [4.69, 9.17) is 22.5 Å². The van der Waals surface area contributed by atoms with E-state index in [1.54, 1.807) is 23.1 Å². The van der Waals surface area contributed by atoms with Crippen molar-refractivity contribution in [1.29, 1.82) is 0 Å². The van der Waals surface area contributed by atoms with Crippen molar-refractivity contribution >= 4 is 29.2 Å². The molecule has 6 nitrogen and oxygen atoms in total. The number of nitrogens with one attached hydrogen (secondary N) is 1. The third kappa shape index (κ3) is 3.33. The molecule has 0 radical (unpaired) electrons. The Morgan fingerprint density at radius 2 is 2.05 bits per heavy atom. The van der Waals surface area contributed by atoms with Crippen LogP contribution in [0.25, 0.3) is 0 Å². The second-order valence-corrected chi connectivity index (χ2v) is 5.10. The quantitative estimate of drug-likeness (QED) is 0.338. The normalized spacial score (nSPS) is 17.1. The van der Waals surface area contributed by atoms with Gasteiger partial charge in [-0.1, -0.05) is 28.9 Å². The summed E-state index contributed by atoms with van der Waals surface area (Å²) in [6.45, 7) is 1.13. The van der Waals surface area contributed by atoms with Gasteiger partial charge in [-0.3, -0.25) is 0 Å².